The van der Waals surface area contributed by atoms with E-state index in [1.165, 1.54) is 0 Å². The van der Waals surface area contributed by atoms with Crippen molar-refractivity contribution in [3.05, 3.63) is 11.6 Å². The van der Waals surface area contributed by atoms with Crippen molar-refractivity contribution < 1.29 is 12.6 Å². The molecule has 0 spiro atoms. The monoisotopic (exact) mass is 190 g/mol. The van der Waals surface area contributed by atoms with Crippen LogP contribution in [0.15, 0.2) is 11.6 Å². The minimum absolute atomic E-state index is 0.239. The Morgan fingerprint density at radius 3 is 2.75 bits per heavy atom. The van der Waals surface area contributed by atoms with Gasteiger partial charge >= 0.3 is 0 Å². The maximum atomic E-state index is 10.6. The van der Waals surface area contributed by atoms with Gasteiger partial charge in [0.1, 0.15) is 0 Å². The van der Waals surface area contributed by atoms with Crippen LogP contribution in [0.3, 0.4) is 0 Å². The van der Waals surface area contributed by atoms with Gasteiger partial charge in [-0.05, 0) is 24.3 Å². The van der Waals surface area contributed by atoms with Crippen molar-refractivity contribution in [2.24, 2.45) is 5.92 Å². The topological polar surface area (TPSA) is 43.4 Å². The summed E-state index contributed by atoms with van der Waals surface area (Å²) >= 11 is 0. The molecule has 0 fully saturated rings. The Bertz CT molecular complexity index is 277. The third kappa shape index (κ3) is 3.36. The Labute approximate surface area is 73.5 Å². The van der Waals surface area contributed by atoms with E-state index in [-0.39, 0.29) is 6.61 Å². The van der Waals surface area contributed by atoms with E-state index in [0.717, 1.165) is 24.7 Å². The van der Waals surface area contributed by atoms with E-state index >= 15 is 0 Å². The third-order valence-corrected chi connectivity index (χ3v) is 2.45. The van der Waals surface area contributed by atoms with Crippen LogP contribution < -0.4 is 0 Å². The first-order chi connectivity index (χ1) is 5.47. The summed E-state index contributed by atoms with van der Waals surface area (Å²) in [5, 5.41) is 0. The third-order valence-electron chi connectivity index (χ3n) is 1.90. The SMILES string of the molecule is CC1C=C(COS(C)(=O)=O)CC1. The molecule has 1 aliphatic rings. The van der Waals surface area contributed by atoms with Gasteiger partial charge in [0.25, 0.3) is 10.1 Å². The molecular weight excluding hydrogens is 176 g/mol. The molecule has 0 N–H and O–H groups in total. The standard InChI is InChI=1S/C8H14O3S/c1-7-3-4-8(5-7)6-11-12(2,9)10/h5,7H,3-4,6H2,1-2H3. The molecule has 1 unspecified atom stereocenters. The van der Waals surface area contributed by atoms with Crippen molar-refractivity contribution >= 4 is 10.1 Å². The van der Waals surface area contributed by atoms with Crippen molar-refractivity contribution in [2.75, 3.05) is 12.9 Å². The quantitative estimate of drug-likeness (QED) is 0.498. The number of hydrogen-bond acceptors (Lipinski definition) is 3. The molecule has 0 radical (unpaired) electrons. The highest BCUT2D eigenvalue weighted by Gasteiger charge is 2.12. The molecule has 0 aromatic heterocycles. The fourth-order valence-electron chi connectivity index (χ4n) is 1.29. The molecule has 12 heavy (non-hydrogen) atoms. The van der Waals surface area contributed by atoms with Crippen LogP contribution in [0.25, 0.3) is 0 Å². The summed E-state index contributed by atoms with van der Waals surface area (Å²) in [6.07, 6.45) is 5.25. The predicted octanol–water partition coefficient (Wildman–Crippen LogP) is 1.32. The summed E-state index contributed by atoms with van der Waals surface area (Å²) in [5.74, 6) is 0.572. The lowest BCUT2D eigenvalue weighted by Crippen LogP contribution is -2.05. The van der Waals surface area contributed by atoms with Crippen LogP contribution in [-0.4, -0.2) is 21.3 Å². The Morgan fingerprint density at radius 2 is 2.33 bits per heavy atom. The fraction of sp³-hybridized carbons (Fsp3) is 0.750. The summed E-state index contributed by atoms with van der Waals surface area (Å²) in [5.41, 5.74) is 1.10. The molecule has 1 atom stereocenters. The Balaban J connectivity index is 2.39. The minimum atomic E-state index is -3.27. The van der Waals surface area contributed by atoms with Gasteiger partial charge < -0.3 is 0 Å². The van der Waals surface area contributed by atoms with E-state index in [0.29, 0.717) is 5.92 Å². The second-order valence-electron chi connectivity index (χ2n) is 3.31. The van der Waals surface area contributed by atoms with Gasteiger partial charge in [-0.15, -0.1) is 0 Å². The molecule has 0 saturated heterocycles. The lowest BCUT2D eigenvalue weighted by atomic mass is 10.2. The summed E-state index contributed by atoms with van der Waals surface area (Å²) in [7, 11) is -3.27. The van der Waals surface area contributed by atoms with Gasteiger partial charge in [-0.1, -0.05) is 13.0 Å². The Hall–Kier alpha value is -0.350. The summed E-state index contributed by atoms with van der Waals surface area (Å²) in [4.78, 5) is 0. The minimum Gasteiger partial charge on any atom is -0.266 e. The van der Waals surface area contributed by atoms with Gasteiger partial charge in [0, 0.05) is 0 Å². The first-order valence-electron chi connectivity index (χ1n) is 4.01. The lowest BCUT2D eigenvalue weighted by Gasteiger charge is -2.00. The second kappa shape index (κ2) is 3.58. The molecule has 0 amide bonds. The van der Waals surface area contributed by atoms with Crippen LogP contribution in [0.5, 0.6) is 0 Å². The molecule has 70 valence electrons. The van der Waals surface area contributed by atoms with Crippen LogP contribution in [-0.2, 0) is 14.3 Å². The van der Waals surface area contributed by atoms with Gasteiger partial charge in [-0.2, -0.15) is 8.42 Å². The molecule has 0 aliphatic heterocycles. The van der Waals surface area contributed by atoms with E-state index in [2.05, 4.69) is 17.2 Å². The van der Waals surface area contributed by atoms with Crippen molar-refractivity contribution in [2.45, 2.75) is 19.8 Å². The average molecular weight is 190 g/mol. The van der Waals surface area contributed by atoms with Gasteiger partial charge in [-0.3, -0.25) is 4.18 Å². The highest BCUT2D eigenvalue weighted by Crippen LogP contribution is 2.23. The largest absolute Gasteiger partial charge is 0.266 e. The molecule has 4 heteroatoms. The van der Waals surface area contributed by atoms with E-state index in [4.69, 9.17) is 0 Å². The molecule has 0 heterocycles. The van der Waals surface area contributed by atoms with Crippen LogP contribution in [0.1, 0.15) is 19.8 Å². The first-order valence-corrected chi connectivity index (χ1v) is 5.83. The van der Waals surface area contributed by atoms with Crippen molar-refractivity contribution in [1.29, 1.82) is 0 Å². The molecule has 3 nitrogen and oxygen atoms in total. The average Bonchev–Trinajstić information content (AvgIpc) is 2.30. The molecular formula is C8H14O3S. The smallest absolute Gasteiger partial charge is 0.264 e. The maximum Gasteiger partial charge on any atom is 0.264 e. The van der Waals surface area contributed by atoms with Gasteiger partial charge in [0.05, 0.1) is 12.9 Å². The molecule has 1 rings (SSSR count). The van der Waals surface area contributed by atoms with Gasteiger partial charge in [-0.25, -0.2) is 0 Å². The molecule has 1 aliphatic carbocycles. The molecule has 0 saturated carbocycles. The summed E-state index contributed by atoms with van der Waals surface area (Å²) in [6, 6.07) is 0. The number of rotatable bonds is 3. The van der Waals surface area contributed by atoms with Crippen molar-refractivity contribution in [3.63, 3.8) is 0 Å². The zero-order valence-corrected chi connectivity index (χ0v) is 8.23. The Kier molecular flexibility index (Phi) is 2.90. The highest BCUT2D eigenvalue weighted by atomic mass is 32.2. The van der Waals surface area contributed by atoms with Crippen LogP contribution in [0.4, 0.5) is 0 Å². The zero-order chi connectivity index (χ0) is 9.19. The van der Waals surface area contributed by atoms with E-state index in [1.54, 1.807) is 0 Å². The van der Waals surface area contributed by atoms with Crippen LogP contribution in [0.2, 0.25) is 0 Å². The first kappa shape index (κ1) is 9.74. The zero-order valence-electron chi connectivity index (χ0n) is 7.41. The van der Waals surface area contributed by atoms with Gasteiger partial charge in [0.2, 0.25) is 0 Å². The van der Waals surface area contributed by atoms with E-state index in [1.807, 2.05) is 0 Å². The number of allylic oxidation sites excluding steroid dienone is 1. The maximum absolute atomic E-state index is 10.6. The predicted molar refractivity (Wildman–Crippen MR) is 47.3 cm³/mol. The van der Waals surface area contributed by atoms with Crippen LogP contribution in [0, 0.1) is 5.92 Å². The lowest BCUT2D eigenvalue weighted by molar-refractivity contribution is 0.350. The van der Waals surface area contributed by atoms with E-state index in [9.17, 15) is 8.42 Å². The normalized spacial score (nSPS) is 24.2. The summed E-state index contributed by atoms with van der Waals surface area (Å²) < 4.78 is 25.9. The number of hydrogen-bond donors (Lipinski definition) is 0. The highest BCUT2D eigenvalue weighted by molar-refractivity contribution is 7.85. The second-order valence-corrected chi connectivity index (χ2v) is 4.95. The van der Waals surface area contributed by atoms with Crippen molar-refractivity contribution in [1.82, 2.24) is 0 Å². The molecule has 0 aromatic rings. The summed E-state index contributed by atoms with van der Waals surface area (Å²) in [6.45, 7) is 2.36. The van der Waals surface area contributed by atoms with Crippen molar-refractivity contribution in [3.8, 4) is 0 Å². The Morgan fingerprint density at radius 1 is 1.67 bits per heavy atom. The van der Waals surface area contributed by atoms with Crippen LogP contribution >= 0.6 is 0 Å². The molecule has 0 aromatic carbocycles. The van der Waals surface area contributed by atoms with E-state index < -0.39 is 10.1 Å². The fourth-order valence-corrected chi connectivity index (χ4v) is 1.65. The van der Waals surface area contributed by atoms with Gasteiger partial charge in [0.15, 0.2) is 0 Å². The molecule has 0 bridgehead atoms.